The van der Waals surface area contributed by atoms with E-state index in [2.05, 4.69) is 5.32 Å². The van der Waals surface area contributed by atoms with Crippen LogP contribution in [-0.2, 0) is 9.59 Å². The first-order valence-corrected chi connectivity index (χ1v) is 8.79. The molecule has 0 radical (unpaired) electrons. The molecule has 0 aromatic heterocycles. The number of carbonyl (C=O) groups is 2. The monoisotopic (exact) mass is 355 g/mol. The molecule has 2 N–H and O–H groups in total. The number of rotatable bonds is 8. The molecule has 0 heterocycles. The van der Waals surface area contributed by atoms with E-state index >= 15 is 0 Å². The number of nitrogens with one attached hydrogen (secondary N) is 1. The molecule has 26 heavy (non-hydrogen) atoms. The molecule has 0 aliphatic heterocycles. The van der Waals surface area contributed by atoms with E-state index in [4.69, 9.17) is 4.74 Å². The van der Waals surface area contributed by atoms with Crippen LogP contribution in [0.1, 0.15) is 44.6 Å². The SMILES string of the molecule is CC=CC(=O)Nc1ccc2c(OC)c(C(CCCC)C(=O)O)ccc2c1. The molecular weight excluding hydrogens is 330 g/mol. The third kappa shape index (κ3) is 4.42. The van der Waals surface area contributed by atoms with Gasteiger partial charge in [-0.1, -0.05) is 38.0 Å². The number of amides is 1. The van der Waals surface area contributed by atoms with Crippen LogP contribution in [0.25, 0.3) is 10.8 Å². The third-order valence-corrected chi connectivity index (χ3v) is 4.31. The van der Waals surface area contributed by atoms with Crippen molar-refractivity contribution in [2.24, 2.45) is 0 Å². The van der Waals surface area contributed by atoms with Gasteiger partial charge in [-0.3, -0.25) is 9.59 Å². The van der Waals surface area contributed by atoms with Gasteiger partial charge in [0.05, 0.1) is 13.0 Å². The van der Waals surface area contributed by atoms with Crippen LogP contribution in [-0.4, -0.2) is 24.1 Å². The van der Waals surface area contributed by atoms with Crippen LogP contribution in [0.15, 0.2) is 42.5 Å². The highest BCUT2D eigenvalue weighted by Gasteiger charge is 2.24. The van der Waals surface area contributed by atoms with Gasteiger partial charge in [-0.15, -0.1) is 0 Å². The van der Waals surface area contributed by atoms with Gasteiger partial charge in [0, 0.05) is 16.6 Å². The van der Waals surface area contributed by atoms with Gasteiger partial charge in [-0.2, -0.15) is 0 Å². The average Bonchev–Trinajstić information content (AvgIpc) is 2.61. The Morgan fingerprint density at radius 3 is 2.65 bits per heavy atom. The van der Waals surface area contributed by atoms with Crippen molar-refractivity contribution in [1.29, 1.82) is 0 Å². The normalized spacial score (nSPS) is 12.3. The summed E-state index contributed by atoms with van der Waals surface area (Å²) in [6, 6.07) is 9.18. The van der Waals surface area contributed by atoms with E-state index in [-0.39, 0.29) is 5.91 Å². The molecule has 0 fully saturated rings. The van der Waals surface area contributed by atoms with Crippen LogP contribution in [0.2, 0.25) is 0 Å². The molecule has 0 aliphatic rings. The number of ether oxygens (including phenoxy) is 1. The highest BCUT2D eigenvalue weighted by molar-refractivity contribution is 6.01. The van der Waals surface area contributed by atoms with Crippen molar-refractivity contribution in [2.45, 2.75) is 39.0 Å². The Kier molecular flexibility index (Phi) is 6.78. The summed E-state index contributed by atoms with van der Waals surface area (Å²) < 4.78 is 5.57. The number of methoxy groups -OCH3 is 1. The van der Waals surface area contributed by atoms with E-state index in [1.54, 1.807) is 26.2 Å². The Labute approximate surface area is 153 Å². The predicted octanol–water partition coefficient (Wildman–Crippen LogP) is 4.72. The van der Waals surface area contributed by atoms with Crippen LogP contribution in [0.3, 0.4) is 0 Å². The van der Waals surface area contributed by atoms with E-state index < -0.39 is 11.9 Å². The molecule has 2 aromatic carbocycles. The molecule has 138 valence electrons. The second-order valence-electron chi connectivity index (χ2n) is 6.15. The summed E-state index contributed by atoms with van der Waals surface area (Å²) in [6.45, 7) is 3.82. The summed E-state index contributed by atoms with van der Waals surface area (Å²) in [4.78, 5) is 23.4. The Morgan fingerprint density at radius 1 is 1.27 bits per heavy atom. The Balaban J connectivity index is 2.46. The van der Waals surface area contributed by atoms with Gasteiger partial charge in [0.1, 0.15) is 5.75 Å². The maximum absolute atomic E-state index is 11.7. The second-order valence-corrected chi connectivity index (χ2v) is 6.15. The summed E-state index contributed by atoms with van der Waals surface area (Å²) >= 11 is 0. The first-order chi connectivity index (χ1) is 12.5. The Morgan fingerprint density at radius 2 is 2.04 bits per heavy atom. The number of carboxylic acid groups (broad SMARTS) is 1. The molecule has 0 bridgehead atoms. The molecular formula is C21H25NO4. The molecule has 5 heteroatoms. The van der Waals surface area contributed by atoms with Crippen molar-refractivity contribution in [2.75, 3.05) is 12.4 Å². The Bertz CT molecular complexity index is 826. The van der Waals surface area contributed by atoms with Crippen molar-refractivity contribution < 1.29 is 19.4 Å². The highest BCUT2D eigenvalue weighted by atomic mass is 16.5. The standard InChI is InChI=1S/C21H25NO4/c1-4-6-8-18(21(24)25)17-11-9-14-13-15(22-19(23)7-5-2)10-12-16(14)20(17)26-3/h5,7,9-13,18H,4,6,8H2,1-3H3,(H,22,23)(H,24,25). The minimum absolute atomic E-state index is 0.194. The summed E-state index contributed by atoms with van der Waals surface area (Å²) in [5, 5.41) is 14.1. The van der Waals surface area contributed by atoms with Crippen molar-refractivity contribution in [3.05, 3.63) is 48.0 Å². The average molecular weight is 355 g/mol. The number of unbranched alkanes of at least 4 members (excludes halogenated alkanes) is 1. The van der Waals surface area contributed by atoms with Crippen molar-refractivity contribution in [3.8, 4) is 5.75 Å². The van der Waals surface area contributed by atoms with Gasteiger partial charge in [0.2, 0.25) is 5.91 Å². The lowest BCUT2D eigenvalue weighted by atomic mass is 9.90. The zero-order valence-electron chi connectivity index (χ0n) is 15.4. The molecule has 2 rings (SSSR count). The van der Waals surface area contributed by atoms with Crippen LogP contribution in [0.4, 0.5) is 5.69 Å². The van der Waals surface area contributed by atoms with Crippen LogP contribution >= 0.6 is 0 Å². The molecule has 1 amide bonds. The Hall–Kier alpha value is -2.82. The maximum atomic E-state index is 11.7. The smallest absolute Gasteiger partial charge is 0.311 e. The quantitative estimate of drug-likeness (QED) is 0.672. The maximum Gasteiger partial charge on any atom is 0.311 e. The number of allylic oxidation sites excluding steroid dienone is 1. The van der Waals surface area contributed by atoms with Crippen molar-refractivity contribution in [3.63, 3.8) is 0 Å². The van der Waals surface area contributed by atoms with Crippen molar-refractivity contribution >= 4 is 28.3 Å². The first-order valence-electron chi connectivity index (χ1n) is 8.79. The summed E-state index contributed by atoms with van der Waals surface area (Å²) in [7, 11) is 1.55. The number of carbonyl (C=O) groups excluding carboxylic acids is 1. The van der Waals surface area contributed by atoms with Gasteiger partial charge in [-0.25, -0.2) is 0 Å². The lowest BCUT2D eigenvalue weighted by Gasteiger charge is -2.18. The highest BCUT2D eigenvalue weighted by Crippen LogP contribution is 2.37. The number of fused-ring (bicyclic) bond motifs is 1. The predicted molar refractivity (Wildman–Crippen MR) is 104 cm³/mol. The molecule has 2 aromatic rings. The molecule has 5 nitrogen and oxygen atoms in total. The van der Waals surface area contributed by atoms with Crippen LogP contribution in [0.5, 0.6) is 5.75 Å². The molecule has 1 unspecified atom stereocenters. The lowest BCUT2D eigenvalue weighted by molar-refractivity contribution is -0.139. The first kappa shape index (κ1) is 19.5. The largest absolute Gasteiger partial charge is 0.496 e. The molecule has 1 atom stereocenters. The fraction of sp³-hybridized carbons (Fsp3) is 0.333. The number of hydrogen-bond acceptors (Lipinski definition) is 3. The lowest BCUT2D eigenvalue weighted by Crippen LogP contribution is -2.13. The van der Waals surface area contributed by atoms with E-state index in [1.807, 2.05) is 31.2 Å². The number of anilines is 1. The summed E-state index contributed by atoms with van der Waals surface area (Å²) in [6.07, 6.45) is 5.49. The third-order valence-electron chi connectivity index (χ3n) is 4.31. The van der Waals surface area contributed by atoms with E-state index in [9.17, 15) is 14.7 Å². The fourth-order valence-electron chi connectivity index (χ4n) is 3.05. The van der Waals surface area contributed by atoms with E-state index in [1.165, 1.54) is 6.08 Å². The van der Waals surface area contributed by atoms with Gasteiger partial charge in [0.15, 0.2) is 0 Å². The topological polar surface area (TPSA) is 75.6 Å². The summed E-state index contributed by atoms with van der Waals surface area (Å²) in [5.41, 5.74) is 1.36. The van der Waals surface area contributed by atoms with E-state index in [0.29, 0.717) is 23.4 Å². The van der Waals surface area contributed by atoms with Gasteiger partial charge in [0.25, 0.3) is 0 Å². The number of benzene rings is 2. The molecule has 0 aliphatic carbocycles. The molecule has 0 spiro atoms. The number of hydrogen-bond donors (Lipinski definition) is 2. The number of aliphatic carboxylic acids is 1. The van der Waals surface area contributed by atoms with Crippen molar-refractivity contribution in [1.82, 2.24) is 0 Å². The van der Waals surface area contributed by atoms with Gasteiger partial charge in [-0.05, 0) is 43.0 Å². The van der Waals surface area contributed by atoms with Crippen LogP contribution < -0.4 is 10.1 Å². The summed E-state index contributed by atoms with van der Waals surface area (Å²) in [5.74, 6) is -1.05. The minimum Gasteiger partial charge on any atom is -0.496 e. The van der Waals surface area contributed by atoms with Crippen LogP contribution in [0, 0.1) is 0 Å². The second kappa shape index (κ2) is 9.04. The zero-order chi connectivity index (χ0) is 19.1. The molecule has 0 saturated carbocycles. The molecule has 0 saturated heterocycles. The minimum atomic E-state index is -0.841. The zero-order valence-corrected chi connectivity index (χ0v) is 15.4. The fourth-order valence-corrected chi connectivity index (χ4v) is 3.05. The number of carboxylic acids is 1. The van der Waals surface area contributed by atoms with E-state index in [0.717, 1.165) is 23.6 Å². The van der Waals surface area contributed by atoms with Gasteiger partial charge < -0.3 is 15.2 Å². The van der Waals surface area contributed by atoms with Gasteiger partial charge >= 0.3 is 5.97 Å².